The van der Waals surface area contributed by atoms with Gasteiger partial charge in [0, 0.05) is 23.6 Å². The van der Waals surface area contributed by atoms with Crippen molar-refractivity contribution in [1.29, 1.82) is 5.26 Å². The van der Waals surface area contributed by atoms with E-state index in [1.165, 1.54) is 0 Å². The molecule has 1 aromatic heterocycles. The molecule has 0 saturated heterocycles. The van der Waals surface area contributed by atoms with Gasteiger partial charge in [-0.25, -0.2) is 0 Å². The van der Waals surface area contributed by atoms with Crippen LogP contribution in [0.15, 0.2) is 36.7 Å². The van der Waals surface area contributed by atoms with Gasteiger partial charge in [0.05, 0.1) is 5.56 Å². The Labute approximate surface area is 94.2 Å². The Bertz CT molecular complexity index is 568. The Morgan fingerprint density at radius 2 is 2.00 bits per heavy atom. The van der Waals surface area contributed by atoms with Gasteiger partial charge in [-0.05, 0) is 36.2 Å². The molecule has 2 N–H and O–H groups in total. The first-order chi connectivity index (χ1) is 7.70. The highest BCUT2D eigenvalue weighted by atomic mass is 14.6. The number of pyridine rings is 1. The third-order valence-electron chi connectivity index (χ3n) is 2.47. The van der Waals surface area contributed by atoms with Crippen LogP contribution in [-0.2, 0) is 0 Å². The molecular formula is C13H11N3. The van der Waals surface area contributed by atoms with E-state index >= 15 is 0 Å². The lowest BCUT2D eigenvalue weighted by atomic mass is 10.0. The number of nitrogens with zero attached hydrogens (tertiary/aromatic N) is 2. The van der Waals surface area contributed by atoms with E-state index in [-0.39, 0.29) is 0 Å². The minimum atomic E-state index is 0.562. The molecule has 3 nitrogen and oxygen atoms in total. The smallest absolute Gasteiger partial charge is 0.101 e. The molecule has 0 radical (unpaired) electrons. The molecule has 1 aromatic carbocycles. The molecule has 2 aromatic rings. The normalized spacial score (nSPS) is 9.75. The molecule has 0 unspecified atom stereocenters. The van der Waals surface area contributed by atoms with E-state index in [1.54, 1.807) is 12.4 Å². The fourth-order valence-corrected chi connectivity index (χ4v) is 1.51. The molecule has 16 heavy (non-hydrogen) atoms. The van der Waals surface area contributed by atoms with Crippen LogP contribution in [0.2, 0.25) is 0 Å². The molecule has 0 aliphatic rings. The van der Waals surface area contributed by atoms with Gasteiger partial charge in [-0.15, -0.1) is 0 Å². The number of benzene rings is 1. The molecule has 78 valence electrons. The maximum absolute atomic E-state index is 8.80. The summed E-state index contributed by atoms with van der Waals surface area (Å²) < 4.78 is 0. The number of rotatable bonds is 1. The van der Waals surface area contributed by atoms with E-state index in [2.05, 4.69) is 11.1 Å². The van der Waals surface area contributed by atoms with Crippen LogP contribution in [0.25, 0.3) is 11.1 Å². The van der Waals surface area contributed by atoms with Crippen molar-refractivity contribution in [2.75, 3.05) is 5.73 Å². The third-order valence-corrected chi connectivity index (χ3v) is 2.47. The SMILES string of the molecule is Cc1cc(-c2cncc(C#N)c2)ccc1N. The van der Waals surface area contributed by atoms with E-state index in [4.69, 9.17) is 11.0 Å². The van der Waals surface area contributed by atoms with Crippen LogP contribution in [0.1, 0.15) is 11.1 Å². The molecule has 0 saturated carbocycles. The second-order valence-electron chi connectivity index (χ2n) is 3.65. The Hall–Kier alpha value is -2.34. The molecule has 1 heterocycles. The summed E-state index contributed by atoms with van der Waals surface area (Å²) in [6.07, 6.45) is 3.29. The molecule has 0 bridgehead atoms. The summed E-state index contributed by atoms with van der Waals surface area (Å²) in [6.45, 7) is 1.96. The van der Waals surface area contributed by atoms with E-state index in [0.29, 0.717) is 5.56 Å². The van der Waals surface area contributed by atoms with Crippen molar-refractivity contribution in [2.45, 2.75) is 6.92 Å². The van der Waals surface area contributed by atoms with Crippen molar-refractivity contribution in [2.24, 2.45) is 0 Å². The molecule has 0 aliphatic heterocycles. The number of hydrogen-bond acceptors (Lipinski definition) is 3. The summed E-state index contributed by atoms with van der Waals surface area (Å²) in [5, 5.41) is 8.80. The van der Waals surface area contributed by atoms with Crippen molar-refractivity contribution >= 4 is 5.69 Å². The van der Waals surface area contributed by atoms with E-state index in [0.717, 1.165) is 22.4 Å². The predicted molar refractivity (Wildman–Crippen MR) is 63.5 cm³/mol. The standard InChI is InChI=1S/C13H11N3/c1-9-4-11(2-3-13(9)15)12-5-10(6-14)7-16-8-12/h2-5,7-8H,15H2,1H3. The van der Waals surface area contributed by atoms with Gasteiger partial charge in [-0.2, -0.15) is 5.26 Å². The molecule has 0 spiro atoms. The van der Waals surface area contributed by atoms with Crippen molar-refractivity contribution in [3.8, 4) is 17.2 Å². The van der Waals surface area contributed by atoms with Gasteiger partial charge in [0.1, 0.15) is 6.07 Å². The van der Waals surface area contributed by atoms with Crippen molar-refractivity contribution in [3.63, 3.8) is 0 Å². The number of aryl methyl sites for hydroxylation is 1. The monoisotopic (exact) mass is 209 g/mol. The minimum Gasteiger partial charge on any atom is -0.399 e. The first-order valence-electron chi connectivity index (χ1n) is 4.92. The van der Waals surface area contributed by atoms with E-state index in [9.17, 15) is 0 Å². The number of nitrogen functional groups attached to an aromatic ring is 1. The second kappa shape index (κ2) is 4.03. The molecule has 0 atom stereocenters. The predicted octanol–water partition coefficient (Wildman–Crippen LogP) is 2.51. The summed E-state index contributed by atoms with van der Waals surface area (Å²) in [4.78, 5) is 4.03. The molecule has 0 aliphatic carbocycles. The summed E-state index contributed by atoms with van der Waals surface area (Å²) in [5.74, 6) is 0. The van der Waals surface area contributed by atoms with Gasteiger partial charge in [0.25, 0.3) is 0 Å². The van der Waals surface area contributed by atoms with E-state index in [1.807, 2.05) is 31.2 Å². The Morgan fingerprint density at radius 3 is 2.69 bits per heavy atom. The quantitative estimate of drug-likeness (QED) is 0.734. The van der Waals surface area contributed by atoms with Crippen LogP contribution in [0.3, 0.4) is 0 Å². The van der Waals surface area contributed by atoms with Crippen LogP contribution >= 0.6 is 0 Å². The van der Waals surface area contributed by atoms with Gasteiger partial charge >= 0.3 is 0 Å². The fraction of sp³-hybridized carbons (Fsp3) is 0.0769. The topological polar surface area (TPSA) is 62.7 Å². The summed E-state index contributed by atoms with van der Waals surface area (Å²) in [5.41, 5.74) is 10.1. The molecule has 3 heteroatoms. The van der Waals surface area contributed by atoms with Crippen LogP contribution in [0.5, 0.6) is 0 Å². The minimum absolute atomic E-state index is 0.562. The van der Waals surface area contributed by atoms with E-state index < -0.39 is 0 Å². The number of nitriles is 1. The average molecular weight is 209 g/mol. The lowest BCUT2D eigenvalue weighted by Crippen LogP contribution is -1.90. The van der Waals surface area contributed by atoms with Crippen LogP contribution in [0.4, 0.5) is 5.69 Å². The highest BCUT2D eigenvalue weighted by molar-refractivity contribution is 5.67. The summed E-state index contributed by atoms with van der Waals surface area (Å²) in [7, 11) is 0. The van der Waals surface area contributed by atoms with Gasteiger partial charge in [0.15, 0.2) is 0 Å². The van der Waals surface area contributed by atoms with Gasteiger partial charge in [0.2, 0.25) is 0 Å². The Balaban J connectivity index is 2.51. The zero-order chi connectivity index (χ0) is 11.5. The third kappa shape index (κ3) is 1.86. The maximum Gasteiger partial charge on any atom is 0.101 e. The van der Waals surface area contributed by atoms with Crippen LogP contribution < -0.4 is 5.73 Å². The van der Waals surface area contributed by atoms with Crippen molar-refractivity contribution < 1.29 is 0 Å². The van der Waals surface area contributed by atoms with Crippen molar-refractivity contribution in [3.05, 3.63) is 47.8 Å². The van der Waals surface area contributed by atoms with Crippen LogP contribution in [0, 0.1) is 18.3 Å². The zero-order valence-electron chi connectivity index (χ0n) is 8.94. The highest BCUT2D eigenvalue weighted by Gasteiger charge is 2.01. The molecule has 2 rings (SSSR count). The maximum atomic E-state index is 8.80. The van der Waals surface area contributed by atoms with Gasteiger partial charge in [-0.3, -0.25) is 4.98 Å². The Kier molecular flexibility index (Phi) is 2.57. The van der Waals surface area contributed by atoms with Gasteiger partial charge in [-0.1, -0.05) is 6.07 Å². The number of hydrogen-bond donors (Lipinski definition) is 1. The second-order valence-corrected chi connectivity index (χ2v) is 3.65. The molecule has 0 amide bonds. The largest absolute Gasteiger partial charge is 0.399 e. The van der Waals surface area contributed by atoms with Crippen LogP contribution in [-0.4, -0.2) is 4.98 Å². The Morgan fingerprint density at radius 1 is 1.19 bits per heavy atom. The van der Waals surface area contributed by atoms with Gasteiger partial charge < -0.3 is 5.73 Å². The zero-order valence-corrected chi connectivity index (χ0v) is 8.94. The lowest BCUT2D eigenvalue weighted by Gasteiger charge is -2.05. The molecule has 0 fully saturated rings. The highest BCUT2D eigenvalue weighted by Crippen LogP contribution is 2.23. The number of aromatic nitrogens is 1. The lowest BCUT2D eigenvalue weighted by molar-refractivity contribution is 1.30. The van der Waals surface area contributed by atoms with Crippen molar-refractivity contribution in [1.82, 2.24) is 4.98 Å². The first-order valence-corrected chi connectivity index (χ1v) is 4.92. The number of nitrogens with two attached hydrogens (primary N) is 1. The first kappa shape index (κ1) is 10.2. The number of anilines is 1. The fourth-order valence-electron chi connectivity index (χ4n) is 1.51. The molecular weight excluding hydrogens is 198 g/mol. The average Bonchev–Trinajstić information content (AvgIpc) is 2.33. The summed E-state index contributed by atoms with van der Waals surface area (Å²) >= 11 is 0. The summed E-state index contributed by atoms with van der Waals surface area (Å²) in [6, 6.07) is 9.68.